The zero-order valence-corrected chi connectivity index (χ0v) is 7.77. The Kier molecular flexibility index (Phi) is 3.87. The van der Waals surface area contributed by atoms with Crippen LogP contribution in [0, 0.1) is 0 Å². The van der Waals surface area contributed by atoms with Crippen molar-refractivity contribution in [3.05, 3.63) is 0 Å². The van der Waals surface area contributed by atoms with Gasteiger partial charge in [0.2, 0.25) is 0 Å². The summed E-state index contributed by atoms with van der Waals surface area (Å²) in [6, 6.07) is 0.795. The molecule has 0 saturated carbocycles. The molecule has 0 aromatic rings. The van der Waals surface area contributed by atoms with Crippen LogP contribution in [0.25, 0.3) is 0 Å². The molecular formula is C9H20N2. The van der Waals surface area contributed by atoms with E-state index >= 15 is 0 Å². The lowest BCUT2D eigenvalue weighted by Crippen LogP contribution is -2.50. The Balaban J connectivity index is 2.31. The van der Waals surface area contributed by atoms with Crippen molar-refractivity contribution in [1.82, 2.24) is 10.2 Å². The van der Waals surface area contributed by atoms with E-state index in [1.54, 1.807) is 0 Å². The van der Waals surface area contributed by atoms with Crippen molar-refractivity contribution in [1.29, 1.82) is 0 Å². The Labute approximate surface area is 70.0 Å². The fourth-order valence-electron chi connectivity index (χ4n) is 1.79. The Hall–Kier alpha value is -0.0800. The summed E-state index contributed by atoms with van der Waals surface area (Å²) < 4.78 is 0. The molecule has 1 rings (SSSR count). The molecule has 0 radical (unpaired) electrons. The van der Waals surface area contributed by atoms with E-state index in [0.29, 0.717) is 0 Å². The normalized spacial score (nSPS) is 27.3. The molecule has 0 bridgehead atoms. The lowest BCUT2D eigenvalue weighted by atomic mass is 10.1. The van der Waals surface area contributed by atoms with E-state index in [1.165, 1.54) is 39.0 Å². The maximum atomic E-state index is 3.43. The molecule has 0 amide bonds. The predicted molar refractivity (Wildman–Crippen MR) is 48.8 cm³/mol. The smallest absolute Gasteiger partial charge is 0.0218 e. The minimum atomic E-state index is 0.795. The molecule has 1 heterocycles. The van der Waals surface area contributed by atoms with E-state index < -0.39 is 0 Å². The summed E-state index contributed by atoms with van der Waals surface area (Å²) in [6.45, 7) is 9.43. The van der Waals surface area contributed by atoms with Crippen LogP contribution in [0.5, 0.6) is 0 Å². The molecule has 11 heavy (non-hydrogen) atoms. The molecule has 0 aliphatic carbocycles. The SMILES string of the molecule is CCCN1CCNC[C@@H]1CC. The molecule has 1 saturated heterocycles. The van der Waals surface area contributed by atoms with Crippen LogP contribution in [0.3, 0.4) is 0 Å². The molecule has 0 unspecified atom stereocenters. The molecule has 1 aliphatic rings. The van der Waals surface area contributed by atoms with Crippen LogP contribution < -0.4 is 5.32 Å². The van der Waals surface area contributed by atoms with E-state index in [0.717, 1.165) is 6.04 Å². The zero-order chi connectivity index (χ0) is 8.10. The van der Waals surface area contributed by atoms with E-state index in [9.17, 15) is 0 Å². The summed E-state index contributed by atoms with van der Waals surface area (Å²) in [4.78, 5) is 2.61. The molecule has 1 aliphatic heterocycles. The maximum Gasteiger partial charge on any atom is 0.0218 e. The van der Waals surface area contributed by atoms with Crippen molar-refractivity contribution >= 4 is 0 Å². The second-order valence-corrected chi connectivity index (χ2v) is 3.30. The van der Waals surface area contributed by atoms with Crippen molar-refractivity contribution in [2.24, 2.45) is 0 Å². The average Bonchev–Trinajstić information content (AvgIpc) is 2.06. The number of hydrogen-bond acceptors (Lipinski definition) is 2. The molecular weight excluding hydrogens is 136 g/mol. The van der Waals surface area contributed by atoms with Crippen LogP contribution in [0.2, 0.25) is 0 Å². The summed E-state index contributed by atoms with van der Waals surface area (Å²) in [7, 11) is 0. The Morgan fingerprint density at radius 1 is 1.45 bits per heavy atom. The van der Waals surface area contributed by atoms with Crippen molar-refractivity contribution < 1.29 is 0 Å². The highest BCUT2D eigenvalue weighted by Gasteiger charge is 2.18. The van der Waals surface area contributed by atoms with Crippen molar-refractivity contribution in [2.45, 2.75) is 32.7 Å². The molecule has 1 atom stereocenters. The molecule has 0 aromatic carbocycles. The van der Waals surface area contributed by atoms with Crippen LogP contribution >= 0.6 is 0 Å². The summed E-state index contributed by atoms with van der Waals surface area (Å²) in [5.41, 5.74) is 0. The number of nitrogens with zero attached hydrogens (tertiary/aromatic N) is 1. The Bertz CT molecular complexity index is 102. The number of piperazine rings is 1. The standard InChI is InChI=1S/C9H20N2/c1-3-6-11-7-5-10-8-9(11)4-2/h9-10H,3-8H2,1-2H3/t9-/m0/s1. The van der Waals surface area contributed by atoms with Gasteiger partial charge in [0, 0.05) is 25.7 Å². The van der Waals surface area contributed by atoms with Gasteiger partial charge in [-0.3, -0.25) is 4.90 Å². The second-order valence-electron chi connectivity index (χ2n) is 3.30. The third kappa shape index (κ3) is 2.46. The van der Waals surface area contributed by atoms with Gasteiger partial charge in [0.05, 0.1) is 0 Å². The average molecular weight is 156 g/mol. The summed E-state index contributed by atoms with van der Waals surface area (Å²) >= 11 is 0. The number of nitrogens with one attached hydrogen (secondary N) is 1. The number of hydrogen-bond donors (Lipinski definition) is 1. The van der Waals surface area contributed by atoms with Gasteiger partial charge in [0.25, 0.3) is 0 Å². The summed E-state index contributed by atoms with van der Waals surface area (Å²) in [5, 5.41) is 3.43. The largest absolute Gasteiger partial charge is 0.314 e. The highest BCUT2D eigenvalue weighted by Crippen LogP contribution is 2.06. The molecule has 1 N–H and O–H groups in total. The fourth-order valence-corrected chi connectivity index (χ4v) is 1.79. The van der Waals surface area contributed by atoms with Gasteiger partial charge in [-0.25, -0.2) is 0 Å². The molecule has 2 nitrogen and oxygen atoms in total. The van der Waals surface area contributed by atoms with Gasteiger partial charge in [-0.2, -0.15) is 0 Å². The second kappa shape index (κ2) is 4.73. The Morgan fingerprint density at radius 2 is 2.27 bits per heavy atom. The zero-order valence-electron chi connectivity index (χ0n) is 7.77. The van der Waals surface area contributed by atoms with Gasteiger partial charge in [0.15, 0.2) is 0 Å². The highest BCUT2D eigenvalue weighted by atomic mass is 15.2. The summed E-state index contributed by atoms with van der Waals surface area (Å²) in [5.74, 6) is 0. The predicted octanol–water partition coefficient (Wildman–Crippen LogP) is 1.08. The summed E-state index contributed by atoms with van der Waals surface area (Å²) in [6.07, 6.45) is 2.57. The van der Waals surface area contributed by atoms with Crippen LogP contribution in [0.4, 0.5) is 0 Å². The lowest BCUT2D eigenvalue weighted by Gasteiger charge is -2.35. The fraction of sp³-hybridized carbons (Fsp3) is 1.00. The molecule has 1 fully saturated rings. The van der Waals surface area contributed by atoms with Gasteiger partial charge >= 0.3 is 0 Å². The molecule has 66 valence electrons. The highest BCUT2D eigenvalue weighted by molar-refractivity contribution is 4.77. The topological polar surface area (TPSA) is 15.3 Å². The first kappa shape index (κ1) is 9.01. The van der Waals surface area contributed by atoms with Crippen LogP contribution in [-0.2, 0) is 0 Å². The third-order valence-electron chi connectivity index (χ3n) is 2.45. The van der Waals surface area contributed by atoms with Gasteiger partial charge in [0.1, 0.15) is 0 Å². The van der Waals surface area contributed by atoms with Crippen molar-refractivity contribution in [3.8, 4) is 0 Å². The molecule has 2 heteroatoms. The molecule has 0 aromatic heterocycles. The van der Waals surface area contributed by atoms with Crippen molar-refractivity contribution in [2.75, 3.05) is 26.2 Å². The van der Waals surface area contributed by atoms with Gasteiger partial charge in [-0.05, 0) is 19.4 Å². The maximum absolute atomic E-state index is 3.43. The first-order chi connectivity index (χ1) is 5.38. The minimum absolute atomic E-state index is 0.795. The van der Waals surface area contributed by atoms with Gasteiger partial charge < -0.3 is 5.32 Å². The van der Waals surface area contributed by atoms with E-state index in [4.69, 9.17) is 0 Å². The quantitative estimate of drug-likeness (QED) is 0.658. The van der Waals surface area contributed by atoms with E-state index in [1.807, 2.05) is 0 Å². The first-order valence-electron chi connectivity index (χ1n) is 4.83. The van der Waals surface area contributed by atoms with Gasteiger partial charge in [-0.1, -0.05) is 13.8 Å². The third-order valence-corrected chi connectivity index (χ3v) is 2.45. The monoisotopic (exact) mass is 156 g/mol. The van der Waals surface area contributed by atoms with E-state index in [2.05, 4.69) is 24.1 Å². The lowest BCUT2D eigenvalue weighted by molar-refractivity contribution is 0.157. The van der Waals surface area contributed by atoms with E-state index in [-0.39, 0.29) is 0 Å². The van der Waals surface area contributed by atoms with Crippen LogP contribution in [0.15, 0.2) is 0 Å². The van der Waals surface area contributed by atoms with Crippen LogP contribution in [-0.4, -0.2) is 37.1 Å². The first-order valence-corrected chi connectivity index (χ1v) is 4.83. The molecule has 0 spiro atoms. The minimum Gasteiger partial charge on any atom is -0.314 e. The van der Waals surface area contributed by atoms with Crippen molar-refractivity contribution in [3.63, 3.8) is 0 Å². The van der Waals surface area contributed by atoms with Crippen LogP contribution in [0.1, 0.15) is 26.7 Å². The van der Waals surface area contributed by atoms with Gasteiger partial charge in [-0.15, -0.1) is 0 Å². The number of rotatable bonds is 3. The Morgan fingerprint density at radius 3 is 2.91 bits per heavy atom.